The monoisotopic (exact) mass is 291 g/mol. The molecule has 1 aromatic heterocycles. The number of benzene rings is 1. The van der Waals surface area contributed by atoms with Crippen LogP contribution in [0.2, 0.25) is 0 Å². The van der Waals surface area contributed by atoms with Gasteiger partial charge in [0.2, 0.25) is 0 Å². The van der Waals surface area contributed by atoms with Crippen LogP contribution in [0.1, 0.15) is 18.7 Å². The van der Waals surface area contributed by atoms with Gasteiger partial charge in [-0.05, 0) is 25.2 Å². The molecule has 0 spiro atoms. The Kier molecular flexibility index (Phi) is 4.98. The van der Waals surface area contributed by atoms with Crippen molar-refractivity contribution in [3.63, 3.8) is 0 Å². The van der Waals surface area contributed by atoms with E-state index in [-0.39, 0.29) is 5.75 Å². The molecular formula is C15H21N3OS. The Labute approximate surface area is 123 Å². The molecule has 108 valence electrons. The van der Waals surface area contributed by atoms with Crippen LogP contribution in [0, 0.1) is 0 Å². The van der Waals surface area contributed by atoms with Crippen molar-refractivity contribution in [2.75, 3.05) is 26.2 Å². The Bertz CT molecular complexity index is 602. The zero-order valence-electron chi connectivity index (χ0n) is 12.0. The number of aromatic hydroxyl groups is 1. The number of rotatable bonds is 6. The van der Waals surface area contributed by atoms with Gasteiger partial charge in [-0.25, -0.2) is 0 Å². The van der Waals surface area contributed by atoms with Crippen molar-refractivity contribution in [1.29, 1.82) is 0 Å². The Hall–Kier alpha value is -1.59. The third kappa shape index (κ3) is 3.11. The smallest absolute Gasteiger partial charge is 0.145 e. The minimum absolute atomic E-state index is 0.245. The zero-order chi connectivity index (χ0) is 14.5. The topological polar surface area (TPSA) is 61.8 Å². The van der Waals surface area contributed by atoms with Gasteiger partial charge in [0.15, 0.2) is 0 Å². The molecule has 0 aliphatic heterocycles. The first-order chi connectivity index (χ1) is 9.67. The second-order valence-electron chi connectivity index (χ2n) is 4.57. The first-order valence-corrected chi connectivity index (χ1v) is 7.72. The number of nitrogens with two attached hydrogens (primary N) is 1. The van der Waals surface area contributed by atoms with Crippen molar-refractivity contribution < 1.29 is 5.11 Å². The van der Waals surface area contributed by atoms with Crippen molar-refractivity contribution >= 4 is 27.3 Å². The van der Waals surface area contributed by atoms with Crippen molar-refractivity contribution in [2.24, 2.45) is 10.7 Å². The van der Waals surface area contributed by atoms with Gasteiger partial charge in [-0.2, -0.15) is 0 Å². The number of likely N-dealkylation sites (N-methyl/N-ethyl adjacent to an activating group) is 1. The zero-order valence-corrected chi connectivity index (χ0v) is 12.8. The van der Waals surface area contributed by atoms with E-state index in [9.17, 15) is 5.11 Å². The van der Waals surface area contributed by atoms with Gasteiger partial charge < -0.3 is 15.7 Å². The molecule has 1 aromatic carbocycles. The summed E-state index contributed by atoms with van der Waals surface area (Å²) in [4.78, 5) is 7.35. The molecule has 20 heavy (non-hydrogen) atoms. The van der Waals surface area contributed by atoms with Crippen LogP contribution < -0.4 is 5.73 Å². The van der Waals surface area contributed by atoms with E-state index >= 15 is 0 Å². The molecule has 4 nitrogen and oxygen atoms in total. The quantitative estimate of drug-likeness (QED) is 0.635. The predicted molar refractivity (Wildman–Crippen MR) is 86.9 cm³/mol. The lowest BCUT2D eigenvalue weighted by molar-refractivity contribution is 0.313. The van der Waals surface area contributed by atoms with E-state index in [0.29, 0.717) is 17.3 Å². The number of thiophene rings is 1. The molecule has 0 saturated carbocycles. The predicted octanol–water partition coefficient (Wildman–Crippen LogP) is 2.65. The highest BCUT2D eigenvalue weighted by Crippen LogP contribution is 2.36. The second kappa shape index (κ2) is 6.72. The molecule has 0 atom stereocenters. The van der Waals surface area contributed by atoms with Crippen molar-refractivity contribution in [3.05, 3.63) is 29.1 Å². The van der Waals surface area contributed by atoms with Crippen molar-refractivity contribution in [2.45, 2.75) is 13.8 Å². The Balaban J connectivity index is 2.14. The molecule has 3 N–H and O–H groups in total. The number of fused-ring (bicyclic) bond motifs is 1. The number of hydrogen-bond acceptors (Lipinski definition) is 4. The summed E-state index contributed by atoms with van der Waals surface area (Å²) in [7, 11) is 0. The van der Waals surface area contributed by atoms with Crippen LogP contribution in [0.5, 0.6) is 5.75 Å². The molecule has 0 saturated heterocycles. The van der Waals surface area contributed by atoms with Gasteiger partial charge in [-0.15, -0.1) is 11.3 Å². The lowest BCUT2D eigenvalue weighted by Crippen LogP contribution is -2.26. The van der Waals surface area contributed by atoms with E-state index in [2.05, 4.69) is 23.7 Å². The van der Waals surface area contributed by atoms with E-state index in [1.807, 2.05) is 24.3 Å². The third-order valence-corrected chi connectivity index (χ3v) is 4.58. The molecule has 0 fully saturated rings. The van der Waals surface area contributed by atoms with Crippen LogP contribution in [-0.2, 0) is 0 Å². The first-order valence-electron chi connectivity index (χ1n) is 6.90. The number of hydrogen-bond donors (Lipinski definition) is 2. The summed E-state index contributed by atoms with van der Waals surface area (Å²) in [6.07, 6.45) is 0. The van der Waals surface area contributed by atoms with Crippen molar-refractivity contribution in [1.82, 2.24) is 4.90 Å². The highest BCUT2D eigenvalue weighted by molar-refractivity contribution is 7.21. The molecule has 0 bridgehead atoms. The summed E-state index contributed by atoms with van der Waals surface area (Å²) < 4.78 is 1.03. The van der Waals surface area contributed by atoms with Crippen molar-refractivity contribution in [3.8, 4) is 5.75 Å². The molecule has 0 aliphatic carbocycles. The molecule has 5 heteroatoms. The molecule has 2 rings (SSSR count). The van der Waals surface area contributed by atoms with Crippen LogP contribution in [0.3, 0.4) is 0 Å². The average molecular weight is 291 g/mol. The van der Waals surface area contributed by atoms with E-state index in [1.165, 1.54) is 11.3 Å². The minimum atomic E-state index is 0.245. The number of amidine groups is 1. The average Bonchev–Trinajstić information content (AvgIpc) is 2.81. The highest BCUT2D eigenvalue weighted by Gasteiger charge is 2.13. The lowest BCUT2D eigenvalue weighted by atomic mass is 10.2. The number of nitrogens with zero attached hydrogens (tertiary/aromatic N) is 2. The summed E-state index contributed by atoms with van der Waals surface area (Å²) >= 11 is 1.48. The van der Waals surface area contributed by atoms with Gasteiger partial charge in [-0.1, -0.05) is 26.0 Å². The van der Waals surface area contributed by atoms with Gasteiger partial charge in [0.1, 0.15) is 16.5 Å². The fourth-order valence-corrected chi connectivity index (χ4v) is 3.15. The van der Waals surface area contributed by atoms with Gasteiger partial charge >= 0.3 is 0 Å². The van der Waals surface area contributed by atoms with Gasteiger partial charge in [0.25, 0.3) is 0 Å². The highest BCUT2D eigenvalue weighted by atomic mass is 32.1. The fourth-order valence-electron chi connectivity index (χ4n) is 2.13. The van der Waals surface area contributed by atoms with E-state index < -0.39 is 0 Å². The largest absolute Gasteiger partial charge is 0.506 e. The van der Waals surface area contributed by atoms with Gasteiger partial charge in [0, 0.05) is 16.6 Å². The summed E-state index contributed by atoms with van der Waals surface area (Å²) in [5.74, 6) is 0.672. The van der Waals surface area contributed by atoms with Crippen LogP contribution in [0.4, 0.5) is 0 Å². The molecule has 0 amide bonds. The second-order valence-corrected chi connectivity index (χ2v) is 5.62. The maximum Gasteiger partial charge on any atom is 0.145 e. The maximum atomic E-state index is 10.2. The Morgan fingerprint density at radius 3 is 2.65 bits per heavy atom. The molecule has 2 aromatic rings. The van der Waals surface area contributed by atoms with Gasteiger partial charge in [0.05, 0.1) is 6.54 Å². The van der Waals surface area contributed by atoms with E-state index in [1.54, 1.807) is 0 Å². The van der Waals surface area contributed by atoms with Gasteiger partial charge in [-0.3, -0.25) is 4.99 Å². The van der Waals surface area contributed by atoms with E-state index in [4.69, 9.17) is 5.73 Å². The lowest BCUT2D eigenvalue weighted by Gasteiger charge is -2.16. The number of aliphatic imine (C=N–C) groups is 1. The molecular weight excluding hydrogens is 270 g/mol. The third-order valence-electron chi connectivity index (χ3n) is 3.39. The van der Waals surface area contributed by atoms with Crippen LogP contribution >= 0.6 is 11.3 Å². The SMILES string of the molecule is CCN(CC)CCN=C(N)c1sc2ccccc2c1O. The minimum Gasteiger partial charge on any atom is -0.506 e. The summed E-state index contributed by atoms with van der Waals surface area (Å²) in [5, 5.41) is 11.0. The van der Waals surface area contributed by atoms with Crippen LogP contribution in [0.15, 0.2) is 29.3 Å². The molecule has 0 unspecified atom stereocenters. The molecule has 1 heterocycles. The fraction of sp³-hybridized carbons (Fsp3) is 0.400. The van der Waals surface area contributed by atoms with Crippen LogP contribution in [-0.4, -0.2) is 42.0 Å². The molecule has 0 aliphatic rings. The summed E-state index contributed by atoms with van der Waals surface area (Å²) in [6, 6.07) is 7.74. The maximum absolute atomic E-state index is 10.2. The first kappa shape index (κ1) is 14.8. The normalized spacial score (nSPS) is 12.4. The Morgan fingerprint density at radius 2 is 2.00 bits per heavy atom. The van der Waals surface area contributed by atoms with Crippen LogP contribution in [0.25, 0.3) is 10.1 Å². The Morgan fingerprint density at radius 1 is 1.30 bits per heavy atom. The standard InChI is InChI=1S/C15H21N3OS/c1-3-18(4-2)10-9-17-15(16)14-13(19)11-7-5-6-8-12(11)20-14/h5-8,19H,3-4,9-10H2,1-2H3,(H2,16,17). The molecule has 0 radical (unpaired) electrons. The summed E-state index contributed by atoms with van der Waals surface area (Å²) in [6.45, 7) is 7.84. The summed E-state index contributed by atoms with van der Waals surface area (Å²) in [5.41, 5.74) is 6.01. The van der Waals surface area contributed by atoms with E-state index in [0.717, 1.165) is 29.7 Å².